The van der Waals surface area contributed by atoms with Gasteiger partial charge >= 0.3 is 0 Å². The minimum absolute atomic E-state index is 0.0832. The summed E-state index contributed by atoms with van der Waals surface area (Å²) >= 11 is 0. The van der Waals surface area contributed by atoms with Gasteiger partial charge in [-0.1, -0.05) is 20.8 Å². The molecule has 0 radical (unpaired) electrons. The van der Waals surface area contributed by atoms with Crippen molar-refractivity contribution in [1.82, 2.24) is 10.2 Å². The number of carbonyl (C=O) groups excluding carboxylic acids is 2. The third-order valence-electron chi connectivity index (χ3n) is 4.32. The lowest BCUT2D eigenvalue weighted by atomic mass is 9.85. The number of amides is 2. The van der Waals surface area contributed by atoms with Gasteiger partial charge in [0.1, 0.15) is 6.04 Å². The third kappa shape index (κ3) is 2.96. The summed E-state index contributed by atoms with van der Waals surface area (Å²) in [6.45, 7) is 8.43. The molecule has 2 rings (SSSR count). The molecule has 2 amide bonds. The van der Waals surface area contributed by atoms with Gasteiger partial charge in [0.05, 0.1) is 0 Å². The van der Waals surface area contributed by atoms with E-state index < -0.39 is 23.0 Å². The van der Waals surface area contributed by atoms with E-state index in [1.165, 1.54) is 0 Å². The van der Waals surface area contributed by atoms with Crippen LogP contribution in [-0.2, 0) is 9.59 Å². The van der Waals surface area contributed by atoms with E-state index in [-0.39, 0.29) is 24.8 Å². The summed E-state index contributed by atoms with van der Waals surface area (Å²) in [5.74, 6) is -0.710. The summed E-state index contributed by atoms with van der Waals surface area (Å²) < 4.78 is 13.8. The van der Waals surface area contributed by atoms with Crippen LogP contribution in [0.1, 0.15) is 53.4 Å². The van der Waals surface area contributed by atoms with Gasteiger partial charge in [-0.25, -0.2) is 4.39 Å². The summed E-state index contributed by atoms with van der Waals surface area (Å²) in [4.78, 5) is 26.4. The third-order valence-corrected chi connectivity index (χ3v) is 4.32. The first kappa shape index (κ1) is 15.3. The fourth-order valence-corrected chi connectivity index (χ4v) is 2.67. The van der Waals surface area contributed by atoms with E-state index in [9.17, 15) is 14.0 Å². The van der Waals surface area contributed by atoms with E-state index >= 15 is 0 Å². The highest BCUT2D eigenvalue weighted by Crippen LogP contribution is 2.40. The van der Waals surface area contributed by atoms with Gasteiger partial charge in [-0.2, -0.15) is 0 Å². The van der Waals surface area contributed by atoms with E-state index in [0.717, 1.165) is 19.4 Å². The van der Waals surface area contributed by atoms with Crippen LogP contribution in [0.25, 0.3) is 0 Å². The monoisotopic (exact) mass is 284 g/mol. The average molecular weight is 284 g/mol. The number of nitrogens with one attached hydrogen (secondary N) is 1. The van der Waals surface area contributed by atoms with E-state index in [2.05, 4.69) is 5.32 Å². The summed E-state index contributed by atoms with van der Waals surface area (Å²) in [6.07, 6.45) is 2.52. The van der Waals surface area contributed by atoms with Gasteiger partial charge in [-0.3, -0.25) is 9.59 Å². The number of hydrogen-bond acceptors (Lipinski definition) is 2. The molecule has 1 aliphatic carbocycles. The highest BCUT2D eigenvalue weighted by atomic mass is 19.1. The minimum Gasteiger partial charge on any atom is -0.341 e. The highest BCUT2D eigenvalue weighted by Gasteiger charge is 2.52. The maximum Gasteiger partial charge on any atom is 0.258 e. The first-order chi connectivity index (χ1) is 9.15. The Morgan fingerprint density at radius 1 is 1.35 bits per heavy atom. The van der Waals surface area contributed by atoms with Gasteiger partial charge in [-0.05, 0) is 38.0 Å². The molecule has 1 N–H and O–H groups in total. The lowest BCUT2D eigenvalue weighted by Gasteiger charge is -2.35. The average Bonchev–Trinajstić information content (AvgIpc) is 2.94. The van der Waals surface area contributed by atoms with Gasteiger partial charge in [0, 0.05) is 12.6 Å². The van der Waals surface area contributed by atoms with Crippen molar-refractivity contribution in [1.29, 1.82) is 0 Å². The zero-order valence-corrected chi connectivity index (χ0v) is 12.8. The Kier molecular flexibility index (Phi) is 3.82. The maximum absolute atomic E-state index is 13.8. The molecule has 114 valence electrons. The van der Waals surface area contributed by atoms with Crippen molar-refractivity contribution in [3.05, 3.63) is 0 Å². The van der Waals surface area contributed by atoms with Crippen molar-refractivity contribution in [2.75, 3.05) is 6.54 Å². The van der Waals surface area contributed by atoms with E-state index in [0.29, 0.717) is 0 Å². The molecule has 2 unspecified atom stereocenters. The van der Waals surface area contributed by atoms with Crippen LogP contribution in [0.2, 0.25) is 0 Å². The molecule has 0 aromatic rings. The Bertz CT molecular complexity index is 413. The normalized spacial score (nSPS) is 26.2. The van der Waals surface area contributed by atoms with Crippen LogP contribution in [0.3, 0.4) is 0 Å². The summed E-state index contributed by atoms with van der Waals surface area (Å²) in [7, 11) is 0. The Morgan fingerprint density at radius 2 is 1.95 bits per heavy atom. The van der Waals surface area contributed by atoms with Crippen LogP contribution in [0.5, 0.6) is 0 Å². The standard InChI is InChI=1S/C15H25FN2O2/c1-10-6-5-9-18(10)12(19)11(14(2,3)4)17-13(20)15(16)7-8-15/h10-11H,5-9H2,1-4H3,(H,17,20). The predicted molar refractivity (Wildman–Crippen MR) is 74.9 cm³/mol. The van der Waals surface area contributed by atoms with Gasteiger partial charge in [0.2, 0.25) is 5.91 Å². The zero-order valence-electron chi connectivity index (χ0n) is 12.8. The molecular formula is C15H25FN2O2. The Morgan fingerprint density at radius 3 is 2.35 bits per heavy atom. The molecule has 1 saturated heterocycles. The van der Waals surface area contributed by atoms with Crippen molar-refractivity contribution in [2.24, 2.45) is 5.41 Å². The molecule has 0 aromatic heterocycles. The van der Waals surface area contributed by atoms with E-state index in [1.54, 1.807) is 0 Å². The minimum atomic E-state index is -1.74. The van der Waals surface area contributed by atoms with Crippen molar-refractivity contribution in [3.63, 3.8) is 0 Å². The van der Waals surface area contributed by atoms with Crippen LogP contribution in [0.4, 0.5) is 4.39 Å². The Balaban J connectivity index is 2.11. The molecule has 1 saturated carbocycles. The largest absolute Gasteiger partial charge is 0.341 e. The molecule has 0 bridgehead atoms. The fourth-order valence-electron chi connectivity index (χ4n) is 2.67. The van der Waals surface area contributed by atoms with Gasteiger partial charge < -0.3 is 10.2 Å². The summed E-state index contributed by atoms with van der Waals surface area (Å²) in [6, 6.07) is -0.465. The molecule has 2 atom stereocenters. The molecule has 4 nitrogen and oxygen atoms in total. The van der Waals surface area contributed by atoms with Crippen molar-refractivity contribution < 1.29 is 14.0 Å². The van der Waals surface area contributed by atoms with Crippen molar-refractivity contribution >= 4 is 11.8 Å². The van der Waals surface area contributed by atoms with Gasteiger partial charge in [0.15, 0.2) is 5.67 Å². The number of rotatable bonds is 3. The number of nitrogens with zero attached hydrogens (tertiary/aromatic N) is 1. The second-order valence-electron chi connectivity index (χ2n) is 7.26. The van der Waals surface area contributed by atoms with Crippen LogP contribution in [0, 0.1) is 5.41 Å². The van der Waals surface area contributed by atoms with E-state index in [4.69, 9.17) is 0 Å². The SMILES string of the molecule is CC1CCCN1C(=O)C(NC(=O)C1(F)CC1)C(C)(C)C. The van der Waals surface area contributed by atoms with Crippen molar-refractivity contribution in [2.45, 2.75) is 71.1 Å². The second kappa shape index (κ2) is 5.01. The van der Waals surface area contributed by atoms with Crippen LogP contribution < -0.4 is 5.32 Å². The van der Waals surface area contributed by atoms with Crippen LogP contribution in [-0.4, -0.2) is 41.0 Å². The second-order valence-corrected chi connectivity index (χ2v) is 7.26. The topological polar surface area (TPSA) is 49.4 Å². The van der Waals surface area contributed by atoms with Gasteiger partial charge in [0.25, 0.3) is 5.91 Å². The molecule has 0 spiro atoms. The number of hydrogen-bond donors (Lipinski definition) is 1. The molecule has 5 heteroatoms. The summed E-state index contributed by atoms with van der Waals surface area (Å²) in [5.41, 5.74) is -2.17. The Labute approximate surface area is 120 Å². The molecule has 1 heterocycles. The summed E-state index contributed by atoms with van der Waals surface area (Å²) in [5, 5.41) is 2.65. The number of likely N-dealkylation sites (tertiary alicyclic amines) is 1. The quantitative estimate of drug-likeness (QED) is 0.862. The van der Waals surface area contributed by atoms with Crippen LogP contribution in [0.15, 0.2) is 0 Å². The van der Waals surface area contributed by atoms with Gasteiger partial charge in [-0.15, -0.1) is 0 Å². The van der Waals surface area contributed by atoms with E-state index in [1.807, 2.05) is 32.6 Å². The fraction of sp³-hybridized carbons (Fsp3) is 0.867. The first-order valence-corrected chi connectivity index (χ1v) is 7.45. The number of carbonyl (C=O) groups is 2. The highest BCUT2D eigenvalue weighted by molar-refractivity contribution is 5.93. The number of halogens is 1. The zero-order chi connectivity index (χ0) is 15.1. The molecule has 20 heavy (non-hydrogen) atoms. The van der Waals surface area contributed by atoms with Crippen LogP contribution >= 0.6 is 0 Å². The molecule has 0 aromatic carbocycles. The van der Waals surface area contributed by atoms with Crippen molar-refractivity contribution in [3.8, 4) is 0 Å². The number of alkyl halides is 1. The molecule has 2 aliphatic rings. The first-order valence-electron chi connectivity index (χ1n) is 7.45. The molecule has 1 aliphatic heterocycles. The Hall–Kier alpha value is -1.13. The molecular weight excluding hydrogens is 259 g/mol. The molecule has 2 fully saturated rings. The smallest absolute Gasteiger partial charge is 0.258 e. The lowest BCUT2D eigenvalue weighted by molar-refractivity contribution is -0.141. The lowest BCUT2D eigenvalue weighted by Crippen LogP contribution is -2.57. The maximum atomic E-state index is 13.8. The predicted octanol–water partition coefficient (Wildman–Crippen LogP) is 2.03.